The minimum Gasteiger partial charge on any atom is -0.478 e. The van der Waals surface area contributed by atoms with E-state index in [1.54, 1.807) is 36.9 Å². The van der Waals surface area contributed by atoms with Crippen molar-refractivity contribution >= 4 is 11.9 Å². The molecule has 6 heteroatoms. The number of hydrogen-bond donors (Lipinski definition) is 0. The molecule has 1 aromatic carbocycles. The molecule has 3 aromatic rings. The second-order valence-corrected chi connectivity index (χ2v) is 6.76. The van der Waals surface area contributed by atoms with Crippen LogP contribution < -0.4 is 9.47 Å². The molecule has 5 rings (SSSR count). The predicted molar refractivity (Wildman–Crippen MR) is 103 cm³/mol. The number of ketones is 1. The van der Waals surface area contributed by atoms with Crippen LogP contribution in [0.5, 0.6) is 11.5 Å². The summed E-state index contributed by atoms with van der Waals surface area (Å²) in [4.78, 5) is 23.0. The molecule has 0 spiro atoms. The molecule has 0 atom stereocenters. The quantitative estimate of drug-likeness (QED) is 0.657. The van der Waals surface area contributed by atoms with E-state index in [-0.39, 0.29) is 5.78 Å². The van der Waals surface area contributed by atoms with Gasteiger partial charge in [-0.05, 0) is 53.6 Å². The summed E-state index contributed by atoms with van der Waals surface area (Å²) in [6.07, 6.45) is 8.68. The number of carbonyl (C=O) groups excluding carboxylic acids is 1. The Hall–Kier alpha value is -3.51. The monoisotopic (exact) mass is 371 g/mol. The molecule has 6 nitrogen and oxygen atoms in total. The molecule has 2 aromatic heterocycles. The van der Waals surface area contributed by atoms with Gasteiger partial charge in [-0.3, -0.25) is 19.7 Å². The Balaban J connectivity index is 1.44. The Labute approximate surface area is 162 Å². The van der Waals surface area contributed by atoms with Crippen molar-refractivity contribution in [1.82, 2.24) is 14.9 Å². The van der Waals surface area contributed by atoms with Gasteiger partial charge in [0.25, 0.3) is 0 Å². The van der Waals surface area contributed by atoms with Crippen molar-refractivity contribution in [2.24, 2.45) is 0 Å². The lowest BCUT2D eigenvalue weighted by Crippen LogP contribution is -2.31. The van der Waals surface area contributed by atoms with Crippen LogP contribution in [0.2, 0.25) is 0 Å². The Morgan fingerprint density at radius 1 is 1.00 bits per heavy atom. The van der Waals surface area contributed by atoms with Gasteiger partial charge in [0, 0.05) is 37.9 Å². The molecule has 0 aliphatic carbocycles. The molecular weight excluding hydrogens is 354 g/mol. The highest BCUT2D eigenvalue weighted by atomic mass is 16.5. The van der Waals surface area contributed by atoms with E-state index in [9.17, 15) is 4.79 Å². The molecular formula is C22H17N3O3. The summed E-state index contributed by atoms with van der Waals surface area (Å²) in [6.45, 7) is 1.87. The van der Waals surface area contributed by atoms with Crippen LogP contribution in [-0.2, 0) is 13.1 Å². The van der Waals surface area contributed by atoms with Gasteiger partial charge in [-0.1, -0.05) is 0 Å². The van der Waals surface area contributed by atoms with Crippen molar-refractivity contribution in [2.75, 3.05) is 6.73 Å². The van der Waals surface area contributed by atoms with Crippen LogP contribution in [0.15, 0.2) is 66.9 Å². The molecule has 0 radical (unpaired) electrons. The average molecular weight is 371 g/mol. The van der Waals surface area contributed by atoms with E-state index in [0.29, 0.717) is 30.3 Å². The topological polar surface area (TPSA) is 64.5 Å². The van der Waals surface area contributed by atoms with E-state index in [2.05, 4.69) is 14.9 Å². The van der Waals surface area contributed by atoms with Gasteiger partial charge in [0.05, 0.1) is 11.1 Å². The molecule has 0 unspecified atom stereocenters. The van der Waals surface area contributed by atoms with Gasteiger partial charge in [0.15, 0.2) is 5.76 Å². The first-order chi connectivity index (χ1) is 13.8. The van der Waals surface area contributed by atoms with Crippen molar-refractivity contribution in [3.8, 4) is 11.5 Å². The van der Waals surface area contributed by atoms with E-state index in [1.165, 1.54) is 0 Å². The van der Waals surface area contributed by atoms with Crippen LogP contribution in [0, 0.1) is 0 Å². The van der Waals surface area contributed by atoms with E-state index in [1.807, 2.05) is 30.3 Å². The average Bonchev–Trinajstić information content (AvgIpc) is 3.05. The summed E-state index contributed by atoms with van der Waals surface area (Å²) in [5.41, 5.74) is 3.51. The molecule has 0 N–H and O–H groups in total. The number of ether oxygens (including phenoxy) is 2. The molecule has 28 heavy (non-hydrogen) atoms. The molecule has 0 saturated heterocycles. The number of allylic oxidation sites excluding steroid dienone is 1. The van der Waals surface area contributed by atoms with Gasteiger partial charge in [-0.15, -0.1) is 0 Å². The zero-order valence-corrected chi connectivity index (χ0v) is 15.0. The van der Waals surface area contributed by atoms with Gasteiger partial charge >= 0.3 is 0 Å². The maximum Gasteiger partial charge on any atom is 0.231 e. The summed E-state index contributed by atoms with van der Waals surface area (Å²) in [7, 11) is 0. The fourth-order valence-electron chi connectivity index (χ4n) is 3.46. The van der Waals surface area contributed by atoms with E-state index < -0.39 is 0 Å². The Morgan fingerprint density at radius 2 is 1.75 bits per heavy atom. The molecule has 2 aliphatic rings. The van der Waals surface area contributed by atoms with Gasteiger partial charge in [-0.25, -0.2) is 0 Å². The number of fused-ring (bicyclic) bond motifs is 3. The summed E-state index contributed by atoms with van der Waals surface area (Å²) < 4.78 is 11.9. The zero-order chi connectivity index (χ0) is 18.9. The number of Topliss-reactive ketones (excluding diaryl/α,β-unsaturated/α-hetero) is 1. The van der Waals surface area contributed by atoms with Gasteiger partial charge in [0.1, 0.15) is 18.2 Å². The van der Waals surface area contributed by atoms with Crippen LogP contribution in [0.1, 0.15) is 27.0 Å². The van der Waals surface area contributed by atoms with Crippen LogP contribution in [0.25, 0.3) is 6.08 Å². The Kier molecular flexibility index (Phi) is 4.10. The first-order valence-electron chi connectivity index (χ1n) is 9.02. The van der Waals surface area contributed by atoms with Crippen LogP contribution >= 0.6 is 0 Å². The molecule has 0 amide bonds. The summed E-state index contributed by atoms with van der Waals surface area (Å²) in [5, 5.41) is 0. The molecule has 0 saturated carbocycles. The van der Waals surface area contributed by atoms with Gasteiger partial charge in [0.2, 0.25) is 5.78 Å². The summed E-state index contributed by atoms with van der Waals surface area (Å²) in [6, 6.07) is 11.3. The Morgan fingerprint density at radius 3 is 2.54 bits per heavy atom. The minimum atomic E-state index is -0.110. The molecule has 138 valence electrons. The Bertz CT molecular complexity index is 1070. The van der Waals surface area contributed by atoms with Gasteiger partial charge in [-0.2, -0.15) is 0 Å². The first-order valence-corrected chi connectivity index (χ1v) is 9.02. The zero-order valence-electron chi connectivity index (χ0n) is 15.0. The first kappa shape index (κ1) is 16.6. The summed E-state index contributed by atoms with van der Waals surface area (Å²) in [5.74, 6) is 1.58. The van der Waals surface area contributed by atoms with Crippen LogP contribution in [0.4, 0.5) is 0 Å². The lowest BCUT2D eigenvalue weighted by atomic mass is 10.0. The van der Waals surface area contributed by atoms with E-state index in [0.717, 1.165) is 29.0 Å². The van der Waals surface area contributed by atoms with Crippen LogP contribution in [0.3, 0.4) is 0 Å². The fourth-order valence-corrected chi connectivity index (χ4v) is 3.46. The third-order valence-corrected chi connectivity index (χ3v) is 4.84. The number of pyridine rings is 2. The highest BCUT2D eigenvalue weighted by Gasteiger charge is 2.33. The normalized spacial score (nSPS) is 17.0. The largest absolute Gasteiger partial charge is 0.478 e. The standard InChI is InChI=1S/C22H17N3O3/c26-21-17-1-2-19-18(13-25(14-27-19)12-16-5-9-24-10-6-16)22(17)28-20(21)11-15-3-7-23-8-4-15/h1-11H,12-14H2/b20-11-. The maximum absolute atomic E-state index is 12.8. The predicted octanol–water partition coefficient (Wildman–Crippen LogP) is 3.44. The highest BCUT2D eigenvalue weighted by Crippen LogP contribution is 2.42. The minimum absolute atomic E-state index is 0.110. The van der Waals surface area contributed by atoms with Crippen molar-refractivity contribution in [3.05, 3.63) is 89.2 Å². The number of aromatic nitrogens is 2. The lowest BCUT2D eigenvalue weighted by Gasteiger charge is -2.29. The number of hydrogen-bond acceptors (Lipinski definition) is 6. The highest BCUT2D eigenvalue weighted by molar-refractivity contribution is 6.15. The fraction of sp³-hybridized carbons (Fsp3) is 0.136. The molecule has 2 aliphatic heterocycles. The number of rotatable bonds is 3. The summed E-state index contributed by atoms with van der Waals surface area (Å²) >= 11 is 0. The third-order valence-electron chi connectivity index (χ3n) is 4.84. The van der Waals surface area contributed by atoms with Crippen LogP contribution in [-0.4, -0.2) is 27.4 Å². The van der Waals surface area contributed by atoms with Gasteiger partial charge < -0.3 is 9.47 Å². The van der Waals surface area contributed by atoms with E-state index in [4.69, 9.17) is 9.47 Å². The van der Waals surface area contributed by atoms with Crippen molar-refractivity contribution in [1.29, 1.82) is 0 Å². The number of carbonyl (C=O) groups is 1. The molecule has 0 fully saturated rings. The molecule has 0 bridgehead atoms. The second-order valence-electron chi connectivity index (χ2n) is 6.76. The lowest BCUT2D eigenvalue weighted by molar-refractivity contribution is 0.0872. The van der Waals surface area contributed by atoms with Crippen molar-refractivity contribution in [2.45, 2.75) is 13.1 Å². The molecule has 4 heterocycles. The maximum atomic E-state index is 12.8. The van der Waals surface area contributed by atoms with Crippen molar-refractivity contribution in [3.63, 3.8) is 0 Å². The second kappa shape index (κ2) is 6.90. The number of nitrogens with zero attached hydrogens (tertiary/aromatic N) is 3. The van der Waals surface area contributed by atoms with Crippen molar-refractivity contribution < 1.29 is 14.3 Å². The smallest absolute Gasteiger partial charge is 0.231 e. The third kappa shape index (κ3) is 3.04. The van der Waals surface area contributed by atoms with E-state index >= 15 is 0 Å². The number of benzene rings is 1. The SMILES string of the molecule is O=C1/C(=C/c2ccncc2)Oc2c1ccc1c2CN(Cc2ccncc2)CO1.